The topological polar surface area (TPSA) is 102 Å². The van der Waals surface area contributed by atoms with Gasteiger partial charge in [0.1, 0.15) is 5.02 Å². The third-order valence-electron chi connectivity index (χ3n) is 2.41. The Morgan fingerprint density at radius 1 is 1.33 bits per heavy atom. The minimum atomic E-state index is -4.01. The Hall–Kier alpha value is -1.71. The van der Waals surface area contributed by atoms with Crippen molar-refractivity contribution in [1.29, 1.82) is 0 Å². The van der Waals surface area contributed by atoms with E-state index >= 15 is 0 Å². The van der Waals surface area contributed by atoms with Crippen LogP contribution in [0.15, 0.2) is 45.9 Å². The average Bonchev–Trinajstić information content (AvgIpc) is 2.41. The van der Waals surface area contributed by atoms with Crippen LogP contribution in [-0.2, 0) is 10.0 Å². The highest BCUT2D eigenvalue weighted by Gasteiger charge is 2.21. The van der Waals surface area contributed by atoms with Crippen LogP contribution >= 0.6 is 27.5 Å². The first kappa shape index (κ1) is 15.7. The zero-order valence-corrected chi connectivity index (χ0v) is 13.3. The first-order valence-corrected chi connectivity index (χ1v) is 8.04. The van der Waals surface area contributed by atoms with Crippen LogP contribution in [0.4, 0.5) is 11.5 Å². The van der Waals surface area contributed by atoms with E-state index in [1.54, 1.807) is 12.1 Å². The summed E-state index contributed by atoms with van der Waals surface area (Å²) in [7, 11) is -4.01. The molecular weight excluding hydrogens is 386 g/mol. The van der Waals surface area contributed by atoms with E-state index in [-0.39, 0.29) is 15.7 Å². The quantitative estimate of drug-likeness (QED) is 0.636. The molecule has 0 amide bonds. The lowest BCUT2D eigenvalue weighted by atomic mass is 10.3. The van der Waals surface area contributed by atoms with Gasteiger partial charge in [0.15, 0.2) is 5.82 Å². The SMILES string of the molecule is O=[N+]([O-])c1cc(S(=O)(=O)Nc2ncccc2Br)ccc1Cl. The van der Waals surface area contributed by atoms with Gasteiger partial charge in [-0.25, -0.2) is 13.4 Å². The predicted molar refractivity (Wildman–Crippen MR) is 80.9 cm³/mol. The summed E-state index contributed by atoms with van der Waals surface area (Å²) < 4.78 is 27.1. The summed E-state index contributed by atoms with van der Waals surface area (Å²) in [4.78, 5) is 13.6. The molecule has 0 fully saturated rings. The number of sulfonamides is 1. The maximum Gasteiger partial charge on any atom is 0.289 e. The second-order valence-corrected chi connectivity index (χ2v) is 6.75. The van der Waals surface area contributed by atoms with E-state index in [0.717, 1.165) is 12.1 Å². The van der Waals surface area contributed by atoms with Crippen molar-refractivity contribution >= 4 is 49.1 Å². The Bertz CT molecular complexity index is 813. The summed E-state index contributed by atoms with van der Waals surface area (Å²) >= 11 is 8.80. The molecule has 0 spiro atoms. The van der Waals surface area contributed by atoms with Gasteiger partial charge in [-0.1, -0.05) is 11.6 Å². The molecule has 1 N–H and O–H groups in total. The third-order valence-corrected chi connectivity index (χ3v) is 4.71. The zero-order chi connectivity index (χ0) is 15.6. The Morgan fingerprint density at radius 3 is 2.67 bits per heavy atom. The number of hydrogen-bond acceptors (Lipinski definition) is 5. The van der Waals surface area contributed by atoms with Gasteiger partial charge in [0, 0.05) is 12.3 Å². The number of nitrogens with zero attached hydrogens (tertiary/aromatic N) is 2. The van der Waals surface area contributed by atoms with Crippen molar-refractivity contribution in [2.75, 3.05) is 4.72 Å². The van der Waals surface area contributed by atoms with E-state index < -0.39 is 20.6 Å². The van der Waals surface area contributed by atoms with Crippen molar-refractivity contribution in [3.8, 4) is 0 Å². The third kappa shape index (κ3) is 3.49. The summed E-state index contributed by atoms with van der Waals surface area (Å²) in [5.74, 6) is 0.0788. The van der Waals surface area contributed by atoms with Crippen molar-refractivity contribution < 1.29 is 13.3 Å². The number of pyridine rings is 1. The van der Waals surface area contributed by atoms with E-state index in [1.807, 2.05) is 0 Å². The molecule has 1 aromatic carbocycles. The second kappa shape index (κ2) is 5.96. The molecule has 110 valence electrons. The van der Waals surface area contributed by atoms with E-state index in [9.17, 15) is 18.5 Å². The van der Waals surface area contributed by atoms with Crippen molar-refractivity contribution in [2.45, 2.75) is 4.90 Å². The predicted octanol–water partition coefficient (Wildman–Crippen LogP) is 3.21. The molecule has 2 rings (SSSR count). The Kier molecular flexibility index (Phi) is 4.45. The second-order valence-electron chi connectivity index (χ2n) is 3.81. The minimum absolute atomic E-state index is 0.0788. The van der Waals surface area contributed by atoms with Gasteiger partial charge >= 0.3 is 0 Å². The Balaban J connectivity index is 2.43. The Labute approximate surface area is 133 Å². The lowest BCUT2D eigenvalue weighted by Gasteiger charge is -2.08. The number of benzene rings is 1. The van der Waals surface area contributed by atoms with Crippen LogP contribution in [0.3, 0.4) is 0 Å². The molecule has 1 heterocycles. The molecule has 0 saturated heterocycles. The molecule has 0 aliphatic heterocycles. The molecule has 1 aromatic heterocycles. The van der Waals surface area contributed by atoms with Crippen molar-refractivity contribution in [2.24, 2.45) is 0 Å². The van der Waals surface area contributed by atoms with Crippen LogP contribution in [0.1, 0.15) is 0 Å². The Morgan fingerprint density at radius 2 is 2.05 bits per heavy atom. The molecule has 7 nitrogen and oxygen atoms in total. The van der Waals surface area contributed by atoms with Crippen LogP contribution in [0.25, 0.3) is 0 Å². The molecule has 0 radical (unpaired) electrons. The van der Waals surface area contributed by atoms with Crippen molar-refractivity contribution in [3.63, 3.8) is 0 Å². The van der Waals surface area contributed by atoms with Crippen LogP contribution in [0, 0.1) is 10.1 Å². The molecule has 0 unspecified atom stereocenters. The van der Waals surface area contributed by atoms with Crippen LogP contribution in [-0.4, -0.2) is 18.3 Å². The van der Waals surface area contributed by atoms with Crippen molar-refractivity contribution in [3.05, 3.63) is 56.1 Å². The van der Waals surface area contributed by atoms with E-state index in [2.05, 4.69) is 25.6 Å². The fourth-order valence-corrected chi connectivity index (χ4v) is 3.17. The molecule has 0 atom stereocenters. The number of aromatic nitrogens is 1. The number of anilines is 1. The first-order chi connectivity index (χ1) is 9.81. The number of nitrogens with one attached hydrogen (secondary N) is 1. The maximum absolute atomic E-state index is 12.2. The van der Waals surface area contributed by atoms with Gasteiger partial charge in [-0.15, -0.1) is 0 Å². The molecule has 0 aliphatic rings. The summed E-state index contributed by atoms with van der Waals surface area (Å²) in [5, 5.41) is 10.7. The summed E-state index contributed by atoms with van der Waals surface area (Å²) in [6.45, 7) is 0. The summed E-state index contributed by atoms with van der Waals surface area (Å²) in [6, 6.07) is 6.45. The number of nitro benzene ring substituents is 1. The van der Waals surface area contributed by atoms with Gasteiger partial charge < -0.3 is 0 Å². The number of nitro groups is 1. The van der Waals surface area contributed by atoms with Crippen LogP contribution in [0.2, 0.25) is 5.02 Å². The number of rotatable bonds is 4. The van der Waals surface area contributed by atoms with Gasteiger partial charge in [-0.05, 0) is 40.2 Å². The van der Waals surface area contributed by atoms with E-state index in [1.165, 1.54) is 12.3 Å². The fraction of sp³-hybridized carbons (Fsp3) is 0. The van der Waals surface area contributed by atoms with Gasteiger partial charge in [-0.3, -0.25) is 14.8 Å². The standard InChI is InChI=1S/C11H7BrClN3O4S/c12-8-2-1-5-14-11(8)15-21(19,20)7-3-4-9(13)10(6-7)16(17)18/h1-6H,(H,14,15). The fourth-order valence-electron chi connectivity index (χ4n) is 1.45. The average molecular weight is 393 g/mol. The zero-order valence-electron chi connectivity index (χ0n) is 10.2. The lowest BCUT2D eigenvalue weighted by Crippen LogP contribution is -2.14. The minimum Gasteiger partial charge on any atom is -0.262 e. The number of halogens is 2. The highest BCUT2D eigenvalue weighted by molar-refractivity contribution is 9.10. The van der Waals surface area contributed by atoms with E-state index in [4.69, 9.17) is 11.6 Å². The van der Waals surface area contributed by atoms with Crippen LogP contribution < -0.4 is 4.72 Å². The molecule has 0 bridgehead atoms. The normalized spacial score (nSPS) is 11.1. The highest BCUT2D eigenvalue weighted by atomic mass is 79.9. The maximum atomic E-state index is 12.2. The van der Waals surface area contributed by atoms with Crippen molar-refractivity contribution in [1.82, 2.24) is 4.98 Å². The molecule has 0 saturated carbocycles. The largest absolute Gasteiger partial charge is 0.289 e. The summed E-state index contributed by atoms with van der Waals surface area (Å²) in [6.07, 6.45) is 1.41. The van der Waals surface area contributed by atoms with Gasteiger partial charge in [-0.2, -0.15) is 0 Å². The highest BCUT2D eigenvalue weighted by Crippen LogP contribution is 2.28. The first-order valence-electron chi connectivity index (χ1n) is 5.38. The van der Waals surface area contributed by atoms with Gasteiger partial charge in [0.2, 0.25) is 0 Å². The molecule has 0 aliphatic carbocycles. The molecule has 21 heavy (non-hydrogen) atoms. The molecule has 10 heteroatoms. The lowest BCUT2D eigenvalue weighted by molar-refractivity contribution is -0.384. The molecular formula is C11H7BrClN3O4S. The van der Waals surface area contributed by atoms with Gasteiger partial charge in [0.25, 0.3) is 15.7 Å². The summed E-state index contributed by atoms with van der Waals surface area (Å²) in [5.41, 5.74) is -0.486. The molecule has 2 aromatic rings. The smallest absolute Gasteiger partial charge is 0.262 e. The monoisotopic (exact) mass is 391 g/mol. The number of hydrogen-bond donors (Lipinski definition) is 1. The van der Waals surface area contributed by atoms with Crippen LogP contribution in [0.5, 0.6) is 0 Å². The van der Waals surface area contributed by atoms with E-state index in [0.29, 0.717) is 4.47 Å². The van der Waals surface area contributed by atoms with Gasteiger partial charge in [0.05, 0.1) is 14.3 Å².